The number of nitro groups is 1. The van der Waals surface area contributed by atoms with E-state index in [0.717, 1.165) is 4.88 Å². The third-order valence-electron chi connectivity index (χ3n) is 4.16. The summed E-state index contributed by atoms with van der Waals surface area (Å²) in [5, 5.41) is 25.2. The van der Waals surface area contributed by atoms with Gasteiger partial charge in [-0.3, -0.25) is 20.2 Å². The van der Waals surface area contributed by atoms with E-state index in [1.165, 1.54) is 28.7 Å². The number of thiophene rings is 1. The predicted octanol–water partition coefficient (Wildman–Crippen LogP) is 3.26. The van der Waals surface area contributed by atoms with Gasteiger partial charge >= 0.3 is 0 Å². The number of nitro benzene ring substituents is 1. The molecule has 28 heavy (non-hydrogen) atoms. The second-order valence-electron chi connectivity index (χ2n) is 5.90. The number of hydrogen-bond donors (Lipinski definition) is 1. The van der Waals surface area contributed by atoms with Crippen LogP contribution in [-0.2, 0) is 4.74 Å². The first-order valence-electron chi connectivity index (χ1n) is 8.41. The van der Waals surface area contributed by atoms with Gasteiger partial charge in [0, 0.05) is 24.7 Å². The maximum absolute atomic E-state index is 12.5. The molecule has 0 aliphatic carbocycles. The number of amides is 1. The fourth-order valence-electron chi connectivity index (χ4n) is 2.83. The van der Waals surface area contributed by atoms with Crippen molar-refractivity contribution in [2.24, 2.45) is 0 Å². The van der Waals surface area contributed by atoms with E-state index < -0.39 is 10.8 Å². The van der Waals surface area contributed by atoms with Crippen LogP contribution in [0.5, 0.6) is 0 Å². The quantitative estimate of drug-likeness (QED) is 0.501. The molecule has 1 amide bonds. The topological polar surface area (TPSA) is 110 Å². The molecule has 0 unspecified atom stereocenters. The number of rotatable bonds is 5. The number of hydrogen-bond acceptors (Lipinski definition) is 9. The number of aromatic nitrogens is 2. The summed E-state index contributed by atoms with van der Waals surface area (Å²) < 4.78 is 5.29. The minimum atomic E-state index is -0.471. The van der Waals surface area contributed by atoms with Crippen molar-refractivity contribution in [3.8, 4) is 9.88 Å². The molecule has 1 aliphatic rings. The molecule has 0 bridgehead atoms. The van der Waals surface area contributed by atoms with Crippen molar-refractivity contribution in [1.82, 2.24) is 10.2 Å². The summed E-state index contributed by atoms with van der Waals surface area (Å²) in [5.41, 5.74) is 0.573. The normalized spacial score (nSPS) is 14.1. The summed E-state index contributed by atoms with van der Waals surface area (Å²) in [4.78, 5) is 26.5. The van der Waals surface area contributed by atoms with Crippen LogP contribution in [0.1, 0.15) is 10.4 Å². The zero-order valence-corrected chi connectivity index (χ0v) is 16.2. The summed E-state index contributed by atoms with van der Waals surface area (Å²) in [5.74, 6) is -0.467. The summed E-state index contributed by atoms with van der Waals surface area (Å²) in [6.45, 7) is 2.18. The molecule has 1 aromatic carbocycles. The van der Waals surface area contributed by atoms with Crippen LogP contribution in [0.2, 0.25) is 0 Å². The second kappa shape index (κ2) is 8.00. The zero-order chi connectivity index (χ0) is 19.5. The predicted molar refractivity (Wildman–Crippen MR) is 107 cm³/mol. The Labute approximate surface area is 167 Å². The number of nitrogens with zero attached hydrogens (tertiary/aromatic N) is 4. The van der Waals surface area contributed by atoms with Gasteiger partial charge < -0.3 is 9.64 Å². The molecular formula is C17H15N5O4S2. The zero-order valence-electron chi connectivity index (χ0n) is 14.5. The fourth-order valence-corrected chi connectivity index (χ4v) is 4.36. The number of carbonyl (C=O) groups excluding carboxylic acids is 1. The number of carbonyl (C=O) groups is 1. The van der Waals surface area contributed by atoms with Crippen molar-refractivity contribution >= 4 is 45.1 Å². The van der Waals surface area contributed by atoms with E-state index in [2.05, 4.69) is 15.5 Å². The fraction of sp³-hybridized carbons (Fsp3) is 0.235. The Morgan fingerprint density at radius 1 is 1.25 bits per heavy atom. The highest BCUT2D eigenvalue weighted by Crippen LogP contribution is 2.32. The molecule has 144 valence electrons. The Balaban J connectivity index is 1.54. The molecule has 1 aliphatic heterocycles. The van der Waals surface area contributed by atoms with Gasteiger partial charge in [-0.25, -0.2) is 0 Å². The van der Waals surface area contributed by atoms with Gasteiger partial charge in [-0.05, 0) is 23.6 Å². The van der Waals surface area contributed by atoms with Gasteiger partial charge in [0.1, 0.15) is 5.69 Å². The maximum atomic E-state index is 12.5. The molecule has 0 radical (unpaired) electrons. The van der Waals surface area contributed by atoms with Crippen LogP contribution in [0.15, 0.2) is 35.7 Å². The molecule has 1 fully saturated rings. The number of anilines is 2. The Morgan fingerprint density at radius 2 is 2.07 bits per heavy atom. The molecule has 0 atom stereocenters. The van der Waals surface area contributed by atoms with Crippen LogP contribution in [0, 0.1) is 10.1 Å². The van der Waals surface area contributed by atoms with E-state index in [1.54, 1.807) is 12.1 Å². The molecule has 1 N–H and O–H groups in total. The highest BCUT2D eigenvalue weighted by Gasteiger charge is 2.23. The van der Waals surface area contributed by atoms with Crippen molar-refractivity contribution in [1.29, 1.82) is 0 Å². The van der Waals surface area contributed by atoms with E-state index in [1.807, 2.05) is 22.4 Å². The smallest absolute Gasteiger partial charge is 0.293 e. The van der Waals surface area contributed by atoms with Crippen LogP contribution in [0.3, 0.4) is 0 Å². The van der Waals surface area contributed by atoms with Crippen molar-refractivity contribution < 1.29 is 14.5 Å². The van der Waals surface area contributed by atoms with Crippen LogP contribution in [0.25, 0.3) is 9.88 Å². The molecule has 4 rings (SSSR count). The molecule has 0 saturated carbocycles. The number of ether oxygens (including phenoxy) is 1. The number of nitrogens with one attached hydrogen (secondary N) is 1. The van der Waals surface area contributed by atoms with Gasteiger partial charge in [-0.2, -0.15) is 0 Å². The van der Waals surface area contributed by atoms with Gasteiger partial charge in [0.05, 0.1) is 23.0 Å². The summed E-state index contributed by atoms with van der Waals surface area (Å²) >= 11 is 2.78. The van der Waals surface area contributed by atoms with Gasteiger partial charge in [0.2, 0.25) is 5.13 Å². The first-order chi connectivity index (χ1) is 13.6. The van der Waals surface area contributed by atoms with E-state index in [9.17, 15) is 14.9 Å². The average Bonchev–Trinajstić information content (AvgIpc) is 3.40. The van der Waals surface area contributed by atoms with E-state index >= 15 is 0 Å². The molecule has 2 aromatic heterocycles. The van der Waals surface area contributed by atoms with Crippen molar-refractivity contribution in [3.05, 3.63) is 51.4 Å². The van der Waals surface area contributed by atoms with E-state index in [4.69, 9.17) is 4.74 Å². The molecule has 0 spiro atoms. The first kappa shape index (κ1) is 18.5. The second-order valence-corrected chi connectivity index (χ2v) is 7.83. The maximum Gasteiger partial charge on any atom is 0.293 e. The van der Waals surface area contributed by atoms with E-state index in [-0.39, 0.29) is 11.3 Å². The minimum Gasteiger partial charge on any atom is -0.378 e. The van der Waals surface area contributed by atoms with Crippen LogP contribution >= 0.6 is 22.7 Å². The Hall–Kier alpha value is -2.89. The summed E-state index contributed by atoms with van der Waals surface area (Å²) in [6, 6.07) is 8.31. The van der Waals surface area contributed by atoms with Gasteiger partial charge in [-0.15, -0.1) is 21.5 Å². The Bertz CT molecular complexity index is 999. The molecule has 1 saturated heterocycles. The van der Waals surface area contributed by atoms with Crippen molar-refractivity contribution in [2.75, 3.05) is 36.5 Å². The SMILES string of the molecule is O=C(Nc1nnc(-c2cccs2)s1)c1ccc(N2CCOCC2)c([N+](=O)[O-])c1. The molecule has 11 heteroatoms. The van der Waals surface area contributed by atoms with Crippen LogP contribution < -0.4 is 10.2 Å². The Morgan fingerprint density at radius 3 is 2.79 bits per heavy atom. The minimum absolute atomic E-state index is 0.105. The number of benzene rings is 1. The van der Waals surface area contributed by atoms with E-state index in [0.29, 0.717) is 42.1 Å². The van der Waals surface area contributed by atoms with Crippen molar-refractivity contribution in [3.63, 3.8) is 0 Å². The monoisotopic (exact) mass is 417 g/mol. The lowest BCUT2D eigenvalue weighted by Gasteiger charge is -2.28. The average molecular weight is 417 g/mol. The summed E-state index contributed by atoms with van der Waals surface area (Å²) in [7, 11) is 0. The molecular weight excluding hydrogens is 402 g/mol. The first-order valence-corrected chi connectivity index (χ1v) is 10.1. The summed E-state index contributed by atoms with van der Waals surface area (Å²) in [6.07, 6.45) is 0. The highest BCUT2D eigenvalue weighted by atomic mass is 32.1. The third-order valence-corrected chi connectivity index (χ3v) is 6.04. The lowest BCUT2D eigenvalue weighted by atomic mass is 10.1. The van der Waals surface area contributed by atoms with Gasteiger partial charge in [0.15, 0.2) is 5.01 Å². The van der Waals surface area contributed by atoms with Crippen LogP contribution in [-0.4, -0.2) is 47.3 Å². The van der Waals surface area contributed by atoms with Gasteiger partial charge in [-0.1, -0.05) is 17.4 Å². The largest absolute Gasteiger partial charge is 0.378 e. The molecule has 3 aromatic rings. The van der Waals surface area contributed by atoms with Gasteiger partial charge in [0.25, 0.3) is 11.6 Å². The Kier molecular flexibility index (Phi) is 5.28. The van der Waals surface area contributed by atoms with Crippen molar-refractivity contribution in [2.45, 2.75) is 0 Å². The highest BCUT2D eigenvalue weighted by molar-refractivity contribution is 7.23. The lowest BCUT2D eigenvalue weighted by Crippen LogP contribution is -2.36. The third kappa shape index (κ3) is 3.86. The number of morpholine rings is 1. The van der Waals surface area contributed by atoms with Crippen LogP contribution in [0.4, 0.5) is 16.5 Å². The lowest BCUT2D eigenvalue weighted by molar-refractivity contribution is -0.384. The standard InChI is InChI=1S/C17H15N5O4S2/c23-15(18-17-20-19-16(28-17)14-2-1-9-27-14)11-3-4-12(13(10-11)22(24)25)21-5-7-26-8-6-21/h1-4,9-10H,5-8H2,(H,18,20,23). The molecule has 9 nitrogen and oxygen atoms in total. The molecule has 3 heterocycles.